The first-order valence-corrected chi connectivity index (χ1v) is 9.70. The molecule has 0 unspecified atom stereocenters. The highest BCUT2D eigenvalue weighted by Crippen LogP contribution is 2.33. The van der Waals surface area contributed by atoms with Gasteiger partial charge in [-0.05, 0) is 48.5 Å². The van der Waals surface area contributed by atoms with Gasteiger partial charge in [0, 0.05) is 17.1 Å². The van der Waals surface area contributed by atoms with Crippen molar-refractivity contribution in [3.8, 4) is 0 Å². The van der Waals surface area contributed by atoms with Crippen molar-refractivity contribution in [3.05, 3.63) is 132 Å². The van der Waals surface area contributed by atoms with Gasteiger partial charge in [-0.1, -0.05) is 66.7 Å². The van der Waals surface area contributed by atoms with Crippen LogP contribution >= 0.6 is 0 Å². The van der Waals surface area contributed by atoms with Gasteiger partial charge >= 0.3 is 0 Å². The van der Waals surface area contributed by atoms with Crippen LogP contribution in [-0.2, 0) is 0 Å². The SMILES string of the molecule is O=c1cnc2ccccc2[nH]1.c1ccc(N(c2ccccc2)c2ccccc2)cc1. The minimum Gasteiger partial charge on any atom is -0.319 e. The molecule has 1 aromatic heterocycles. The summed E-state index contributed by atoms with van der Waals surface area (Å²) < 4.78 is 0. The van der Waals surface area contributed by atoms with Crippen LogP contribution in [0, 0.1) is 0 Å². The van der Waals surface area contributed by atoms with Crippen LogP contribution in [0.5, 0.6) is 0 Å². The molecule has 0 aliphatic rings. The maximum absolute atomic E-state index is 10.8. The molecule has 5 rings (SSSR count). The zero-order valence-corrected chi connectivity index (χ0v) is 16.3. The van der Waals surface area contributed by atoms with E-state index in [1.165, 1.54) is 23.3 Å². The van der Waals surface area contributed by atoms with Crippen molar-refractivity contribution in [2.24, 2.45) is 0 Å². The van der Waals surface area contributed by atoms with Crippen LogP contribution in [0.15, 0.2) is 126 Å². The average Bonchev–Trinajstić information content (AvgIpc) is 2.82. The average molecular weight is 391 g/mol. The molecule has 0 saturated carbocycles. The Bertz CT molecular complexity index is 1160. The second-order valence-electron chi connectivity index (χ2n) is 6.61. The van der Waals surface area contributed by atoms with E-state index >= 15 is 0 Å². The normalized spacial score (nSPS) is 10.1. The molecular weight excluding hydrogens is 370 g/mol. The van der Waals surface area contributed by atoms with E-state index in [4.69, 9.17) is 0 Å². The van der Waals surface area contributed by atoms with Crippen LogP contribution < -0.4 is 10.5 Å². The molecule has 4 aromatic carbocycles. The van der Waals surface area contributed by atoms with Gasteiger partial charge < -0.3 is 9.88 Å². The first-order chi connectivity index (χ1) is 14.8. The molecule has 0 radical (unpaired) electrons. The number of rotatable bonds is 3. The molecule has 0 saturated heterocycles. The lowest BCUT2D eigenvalue weighted by atomic mass is 10.2. The maximum Gasteiger partial charge on any atom is 0.266 e. The fourth-order valence-corrected chi connectivity index (χ4v) is 3.16. The van der Waals surface area contributed by atoms with E-state index in [1.807, 2.05) is 42.5 Å². The van der Waals surface area contributed by atoms with E-state index in [0.717, 1.165) is 11.0 Å². The molecule has 0 atom stereocenters. The largest absolute Gasteiger partial charge is 0.319 e. The second kappa shape index (κ2) is 9.34. The first kappa shape index (κ1) is 19.2. The van der Waals surface area contributed by atoms with Crippen LogP contribution in [0.1, 0.15) is 0 Å². The van der Waals surface area contributed by atoms with E-state index < -0.39 is 0 Å². The van der Waals surface area contributed by atoms with E-state index in [-0.39, 0.29) is 5.56 Å². The number of nitrogens with zero attached hydrogens (tertiary/aromatic N) is 2. The van der Waals surface area contributed by atoms with Gasteiger partial charge in [-0.25, -0.2) is 4.98 Å². The summed E-state index contributed by atoms with van der Waals surface area (Å²) in [6, 6.07) is 38.7. The molecule has 0 spiro atoms. The Morgan fingerprint density at radius 1 is 0.567 bits per heavy atom. The zero-order chi connectivity index (χ0) is 20.6. The van der Waals surface area contributed by atoms with Gasteiger partial charge in [0.25, 0.3) is 5.56 Å². The third-order valence-corrected chi connectivity index (χ3v) is 4.53. The maximum atomic E-state index is 10.8. The number of para-hydroxylation sites is 5. The van der Waals surface area contributed by atoms with E-state index in [1.54, 1.807) is 0 Å². The number of anilines is 3. The number of H-pyrrole nitrogens is 1. The summed E-state index contributed by atoms with van der Waals surface area (Å²) in [6.07, 6.45) is 1.28. The summed E-state index contributed by atoms with van der Waals surface area (Å²) in [4.78, 5) is 19.6. The smallest absolute Gasteiger partial charge is 0.266 e. The zero-order valence-electron chi connectivity index (χ0n) is 16.3. The predicted octanol–water partition coefficient (Wildman–Crippen LogP) is 6.08. The fraction of sp³-hybridized carbons (Fsp3) is 0. The van der Waals surface area contributed by atoms with Crippen molar-refractivity contribution in [1.82, 2.24) is 9.97 Å². The molecule has 1 N–H and O–H groups in total. The van der Waals surface area contributed by atoms with E-state index in [9.17, 15) is 4.79 Å². The van der Waals surface area contributed by atoms with Crippen LogP contribution in [0.25, 0.3) is 11.0 Å². The highest BCUT2D eigenvalue weighted by Gasteiger charge is 2.10. The summed E-state index contributed by atoms with van der Waals surface area (Å²) in [5.74, 6) is 0. The third-order valence-electron chi connectivity index (χ3n) is 4.53. The Balaban J connectivity index is 0.000000168. The van der Waals surface area contributed by atoms with Crippen molar-refractivity contribution in [2.75, 3.05) is 4.90 Å². The van der Waals surface area contributed by atoms with Crippen molar-refractivity contribution < 1.29 is 0 Å². The van der Waals surface area contributed by atoms with Gasteiger partial charge in [-0.15, -0.1) is 0 Å². The van der Waals surface area contributed by atoms with Crippen molar-refractivity contribution in [1.29, 1.82) is 0 Å². The summed E-state index contributed by atoms with van der Waals surface area (Å²) in [7, 11) is 0. The number of aromatic nitrogens is 2. The van der Waals surface area contributed by atoms with Gasteiger partial charge in [0.2, 0.25) is 0 Å². The number of aromatic amines is 1. The lowest BCUT2D eigenvalue weighted by Gasteiger charge is -2.25. The molecule has 0 bridgehead atoms. The Morgan fingerprint density at radius 3 is 1.50 bits per heavy atom. The molecule has 30 heavy (non-hydrogen) atoms. The van der Waals surface area contributed by atoms with Gasteiger partial charge in [-0.2, -0.15) is 0 Å². The number of fused-ring (bicyclic) bond motifs is 1. The van der Waals surface area contributed by atoms with Gasteiger partial charge in [0.05, 0.1) is 17.2 Å². The fourth-order valence-electron chi connectivity index (χ4n) is 3.16. The number of hydrogen-bond acceptors (Lipinski definition) is 3. The van der Waals surface area contributed by atoms with Crippen molar-refractivity contribution in [2.45, 2.75) is 0 Å². The summed E-state index contributed by atoms with van der Waals surface area (Å²) >= 11 is 0. The molecule has 146 valence electrons. The molecular formula is C26H21N3O. The standard InChI is InChI=1S/C18H15N.C8H6N2O/c1-4-10-16(11-5-1)19(17-12-6-2-7-13-17)18-14-8-3-9-15-18;11-8-5-9-6-3-1-2-4-7(6)10-8/h1-15H;1-5H,(H,10,11). The second-order valence-corrected chi connectivity index (χ2v) is 6.61. The molecule has 1 heterocycles. The van der Waals surface area contributed by atoms with Crippen LogP contribution in [0.2, 0.25) is 0 Å². The van der Waals surface area contributed by atoms with E-state index in [0.29, 0.717) is 0 Å². The molecule has 0 aliphatic carbocycles. The van der Waals surface area contributed by atoms with Gasteiger partial charge in [0.1, 0.15) is 0 Å². The highest BCUT2D eigenvalue weighted by molar-refractivity contribution is 5.76. The van der Waals surface area contributed by atoms with Gasteiger partial charge in [0.15, 0.2) is 0 Å². The molecule has 5 aromatic rings. The van der Waals surface area contributed by atoms with Crippen LogP contribution in [-0.4, -0.2) is 9.97 Å². The number of benzene rings is 4. The summed E-state index contributed by atoms with van der Waals surface area (Å²) in [5.41, 5.74) is 4.93. The van der Waals surface area contributed by atoms with Crippen LogP contribution in [0.3, 0.4) is 0 Å². The minimum absolute atomic E-state index is 0.163. The Kier molecular flexibility index (Phi) is 5.97. The number of nitrogens with one attached hydrogen (secondary N) is 1. The topological polar surface area (TPSA) is 49.0 Å². The van der Waals surface area contributed by atoms with Gasteiger partial charge in [-0.3, -0.25) is 4.79 Å². The first-order valence-electron chi connectivity index (χ1n) is 9.70. The Labute approximate surface area is 175 Å². The van der Waals surface area contributed by atoms with Crippen molar-refractivity contribution >= 4 is 28.1 Å². The highest BCUT2D eigenvalue weighted by atomic mass is 16.1. The lowest BCUT2D eigenvalue weighted by Crippen LogP contribution is -2.09. The Hall–Kier alpha value is -4.18. The monoisotopic (exact) mass is 391 g/mol. The predicted molar refractivity (Wildman–Crippen MR) is 123 cm³/mol. The van der Waals surface area contributed by atoms with Crippen molar-refractivity contribution in [3.63, 3.8) is 0 Å². The molecule has 4 nitrogen and oxygen atoms in total. The molecule has 0 aliphatic heterocycles. The van der Waals surface area contributed by atoms with E-state index in [2.05, 4.69) is 87.7 Å². The molecule has 0 amide bonds. The summed E-state index contributed by atoms with van der Waals surface area (Å²) in [5, 5.41) is 0. The lowest BCUT2D eigenvalue weighted by molar-refractivity contribution is 1.22. The number of hydrogen-bond donors (Lipinski definition) is 1. The Morgan fingerprint density at radius 2 is 1.00 bits per heavy atom. The molecule has 0 fully saturated rings. The van der Waals surface area contributed by atoms with Crippen LogP contribution in [0.4, 0.5) is 17.1 Å². The molecule has 4 heteroatoms. The third kappa shape index (κ3) is 4.62. The minimum atomic E-state index is -0.163. The summed E-state index contributed by atoms with van der Waals surface area (Å²) in [6.45, 7) is 0. The quantitative estimate of drug-likeness (QED) is 0.405.